The number of thiophene rings is 1. The third-order valence-corrected chi connectivity index (χ3v) is 5.30. The number of nitrogens with zero attached hydrogens (tertiary/aromatic N) is 1. The summed E-state index contributed by atoms with van der Waals surface area (Å²) in [6.45, 7) is 3.98. The van der Waals surface area contributed by atoms with E-state index in [9.17, 15) is 4.79 Å². The van der Waals surface area contributed by atoms with Gasteiger partial charge in [-0.1, -0.05) is 6.07 Å². The monoisotopic (exact) mass is 382 g/mol. The second kappa shape index (κ2) is 7.44. The first-order valence-electron chi connectivity index (χ1n) is 7.49. The van der Waals surface area contributed by atoms with Crippen LogP contribution in [0, 0.1) is 5.92 Å². The molecule has 22 heavy (non-hydrogen) atoms. The lowest BCUT2D eigenvalue weighted by Crippen LogP contribution is -2.38. The SMILES string of the molecule is O=C(NCC1CCN(Cc2cccs2)CC1)c1ccc(Br)o1. The number of likely N-dealkylation sites (tertiary alicyclic amines) is 1. The Labute approximate surface area is 142 Å². The molecule has 118 valence electrons. The van der Waals surface area contributed by atoms with Crippen molar-refractivity contribution in [3.63, 3.8) is 0 Å². The zero-order chi connectivity index (χ0) is 15.4. The van der Waals surface area contributed by atoms with E-state index in [-0.39, 0.29) is 5.91 Å². The summed E-state index contributed by atoms with van der Waals surface area (Å²) in [5, 5.41) is 5.10. The zero-order valence-corrected chi connectivity index (χ0v) is 14.7. The normalized spacial score (nSPS) is 16.8. The van der Waals surface area contributed by atoms with Crippen molar-refractivity contribution in [3.8, 4) is 0 Å². The van der Waals surface area contributed by atoms with Gasteiger partial charge in [-0.15, -0.1) is 11.3 Å². The van der Waals surface area contributed by atoms with Crippen molar-refractivity contribution in [2.75, 3.05) is 19.6 Å². The molecule has 1 N–H and O–H groups in total. The number of nitrogens with one attached hydrogen (secondary N) is 1. The van der Waals surface area contributed by atoms with Gasteiger partial charge in [0.1, 0.15) is 0 Å². The van der Waals surface area contributed by atoms with Crippen LogP contribution in [0.3, 0.4) is 0 Å². The highest BCUT2D eigenvalue weighted by Crippen LogP contribution is 2.20. The predicted octanol–water partition coefficient (Wildman–Crippen LogP) is 3.75. The van der Waals surface area contributed by atoms with Gasteiger partial charge in [-0.25, -0.2) is 0 Å². The van der Waals surface area contributed by atoms with Crippen LogP contribution in [0.5, 0.6) is 0 Å². The Bertz CT molecular complexity index is 603. The fourth-order valence-corrected chi connectivity index (χ4v) is 3.78. The Hall–Kier alpha value is -1.11. The maximum Gasteiger partial charge on any atom is 0.287 e. The smallest absolute Gasteiger partial charge is 0.287 e. The lowest BCUT2D eigenvalue weighted by Gasteiger charge is -2.31. The van der Waals surface area contributed by atoms with Crippen molar-refractivity contribution in [1.29, 1.82) is 0 Å². The third-order valence-electron chi connectivity index (χ3n) is 4.01. The lowest BCUT2D eigenvalue weighted by molar-refractivity contribution is 0.0906. The molecule has 0 unspecified atom stereocenters. The number of piperidine rings is 1. The van der Waals surface area contributed by atoms with Crippen LogP contribution in [-0.4, -0.2) is 30.4 Å². The summed E-state index contributed by atoms with van der Waals surface area (Å²) in [5.74, 6) is 0.788. The first-order valence-corrected chi connectivity index (χ1v) is 9.16. The maximum atomic E-state index is 11.9. The number of amides is 1. The van der Waals surface area contributed by atoms with Crippen molar-refractivity contribution in [1.82, 2.24) is 10.2 Å². The van der Waals surface area contributed by atoms with E-state index in [2.05, 4.69) is 43.7 Å². The molecule has 2 aromatic heterocycles. The molecule has 0 aromatic carbocycles. The summed E-state index contributed by atoms with van der Waals surface area (Å²) in [6.07, 6.45) is 2.26. The maximum absolute atomic E-state index is 11.9. The molecule has 1 aliphatic heterocycles. The Kier molecular flexibility index (Phi) is 5.33. The standard InChI is InChI=1S/C16H19BrN2O2S/c17-15-4-3-14(21-15)16(20)18-10-12-5-7-19(8-6-12)11-13-2-1-9-22-13/h1-4,9,12H,5-8,10-11H2,(H,18,20). The summed E-state index contributed by atoms with van der Waals surface area (Å²) >= 11 is 5.03. The van der Waals surface area contributed by atoms with Gasteiger partial charge in [-0.2, -0.15) is 0 Å². The number of carbonyl (C=O) groups excluding carboxylic acids is 1. The Morgan fingerprint density at radius 1 is 1.36 bits per heavy atom. The summed E-state index contributed by atoms with van der Waals surface area (Å²) in [4.78, 5) is 15.9. The van der Waals surface area contributed by atoms with Crippen LogP contribution < -0.4 is 5.32 Å². The quantitative estimate of drug-likeness (QED) is 0.856. The molecule has 0 bridgehead atoms. The molecule has 2 aromatic rings. The number of rotatable bonds is 5. The molecule has 0 radical (unpaired) electrons. The van der Waals surface area contributed by atoms with E-state index >= 15 is 0 Å². The Morgan fingerprint density at radius 3 is 2.82 bits per heavy atom. The van der Waals surface area contributed by atoms with Crippen molar-refractivity contribution < 1.29 is 9.21 Å². The van der Waals surface area contributed by atoms with Crippen molar-refractivity contribution in [2.45, 2.75) is 19.4 Å². The number of furan rings is 1. The van der Waals surface area contributed by atoms with Gasteiger partial charge in [-0.3, -0.25) is 9.69 Å². The van der Waals surface area contributed by atoms with Gasteiger partial charge in [0.05, 0.1) is 0 Å². The van der Waals surface area contributed by atoms with Crippen LogP contribution in [0.1, 0.15) is 28.3 Å². The summed E-state index contributed by atoms with van der Waals surface area (Å²) < 4.78 is 5.84. The van der Waals surface area contributed by atoms with Gasteiger partial charge < -0.3 is 9.73 Å². The molecule has 1 saturated heterocycles. The Balaban J connectivity index is 1.39. The van der Waals surface area contributed by atoms with E-state index in [1.54, 1.807) is 12.1 Å². The van der Waals surface area contributed by atoms with Crippen LogP contribution in [-0.2, 0) is 6.54 Å². The van der Waals surface area contributed by atoms with Crippen LogP contribution in [0.2, 0.25) is 0 Å². The molecule has 3 heterocycles. The molecule has 6 heteroatoms. The van der Waals surface area contributed by atoms with E-state index in [0.717, 1.165) is 39.0 Å². The molecule has 3 rings (SSSR count). The average Bonchev–Trinajstić information content (AvgIpc) is 3.18. The predicted molar refractivity (Wildman–Crippen MR) is 91.1 cm³/mol. The van der Waals surface area contributed by atoms with Crippen LogP contribution in [0.15, 0.2) is 38.7 Å². The van der Waals surface area contributed by atoms with Gasteiger partial charge in [0.25, 0.3) is 5.91 Å². The highest BCUT2D eigenvalue weighted by Gasteiger charge is 2.20. The van der Waals surface area contributed by atoms with Gasteiger partial charge in [0.2, 0.25) is 0 Å². The molecule has 0 aliphatic carbocycles. The minimum atomic E-state index is -0.133. The highest BCUT2D eigenvalue weighted by atomic mass is 79.9. The summed E-state index contributed by atoms with van der Waals surface area (Å²) in [7, 11) is 0. The number of halogens is 1. The zero-order valence-electron chi connectivity index (χ0n) is 12.3. The first-order chi connectivity index (χ1) is 10.7. The van der Waals surface area contributed by atoms with Gasteiger partial charge >= 0.3 is 0 Å². The molecule has 1 fully saturated rings. The minimum absolute atomic E-state index is 0.133. The molecule has 0 atom stereocenters. The number of hydrogen-bond acceptors (Lipinski definition) is 4. The van der Waals surface area contributed by atoms with Crippen LogP contribution in [0.25, 0.3) is 0 Å². The Morgan fingerprint density at radius 2 is 2.18 bits per heavy atom. The molecular formula is C16H19BrN2O2S. The van der Waals surface area contributed by atoms with E-state index in [1.165, 1.54) is 4.88 Å². The van der Waals surface area contributed by atoms with E-state index in [4.69, 9.17) is 4.42 Å². The van der Waals surface area contributed by atoms with Crippen molar-refractivity contribution in [3.05, 3.63) is 45.0 Å². The van der Waals surface area contributed by atoms with Gasteiger partial charge in [0, 0.05) is 18.0 Å². The molecule has 1 aliphatic rings. The third kappa shape index (κ3) is 4.21. The summed E-state index contributed by atoms with van der Waals surface area (Å²) in [5.41, 5.74) is 0. The second-order valence-corrected chi connectivity index (χ2v) is 7.43. The topological polar surface area (TPSA) is 45.5 Å². The van der Waals surface area contributed by atoms with Gasteiger partial charge in [-0.05, 0) is 71.4 Å². The highest BCUT2D eigenvalue weighted by molar-refractivity contribution is 9.10. The second-order valence-electron chi connectivity index (χ2n) is 5.61. The van der Waals surface area contributed by atoms with Gasteiger partial charge in [0.15, 0.2) is 10.4 Å². The summed E-state index contributed by atoms with van der Waals surface area (Å²) in [6, 6.07) is 7.72. The minimum Gasteiger partial charge on any atom is -0.444 e. The molecular weight excluding hydrogens is 364 g/mol. The molecule has 0 spiro atoms. The van der Waals surface area contributed by atoms with Crippen LogP contribution in [0.4, 0.5) is 0 Å². The van der Waals surface area contributed by atoms with Crippen molar-refractivity contribution >= 4 is 33.2 Å². The molecule has 1 amide bonds. The van der Waals surface area contributed by atoms with E-state index in [0.29, 0.717) is 16.3 Å². The number of carbonyl (C=O) groups is 1. The fraction of sp³-hybridized carbons (Fsp3) is 0.438. The lowest BCUT2D eigenvalue weighted by atomic mass is 9.96. The number of hydrogen-bond donors (Lipinski definition) is 1. The van der Waals surface area contributed by atoms with E-state index < -0.39 is 0 Å². The van der Waals surface area contributed by atoms with E-state index in [1.807, 2.05) is 11.3 Å². The van der Waals surface area contributed by atoms with Crippen LogP contribution >= 0.6 is 27.3 Å². The molecule has 0 saturated carbocycles. The van der Waals surface area contributed by atoms with Crippen molar-refractivity contribution in [2.24, 2.45) is 5.92 Å². The molecule has 4 nitrogen and oxygen atoms in total. The largest absolute Gasteiger partial charge is 0.444 e. The first kappa shape index (κ1) is 15.8. The fourth-order valence-electron chi connectivity index (χ4n) is 2.73. The average molecular weight is 383 g/mol.